The van der Waals surface area contributed by atoms with Crippen LogP contribution >= 0.6 is 11.3 Å². The smallest absolute Gasteiger partial charge is 0.0565 e. The van der Waals surface area contributed by atoms with Crippen LogP contribution < -0.4 is 0 Å². The number of hydrogen-bond acceptors (Lipinski definition) is 1. The maximum Gasteiger partial charge on any atom is 0.0565 e. The van der Waals surface area contributed by atoms with Crippen LogP contribution in [0.4, 0.5) is 0 Å². The molecule has 2 heterocycles. The summed E-state index contributed by atoms with van der Waals surface area (Å²) in [5.41, 5.74) is 2.53. The molecular weight excluding hydrogens is 286 g/mol. The van der Waals surface area contributed by atoms with Gasteiger partial charge in [0.05, 0.1) is 5.52 Å². The van der Waals surface area contributed by atoms with Crippen LogP contribution in [0.1, 0.15) is 0 Å². The molecule has 1 nitrogen and oxygen atoms in total. The van der Waals surface area contributed by atoms with E-state index in [9.17, 15) is 0 Å². The average molecular weight is 297 g/mol. The molecule has 22 heavy (non-hydrogen) atoms. The summed E-state index contributed by atoms with van der Waals surface area (Å²) in [6.07, 6.45) is 0. The van der Waals surface area contributed by atoms with Gasteiger partial charge < -0.3 is 4.98 Å². The molecule has 102 valence electrons. The molecule has 0 saturated carbocycles. The first kappa shape index (κ1) is 11.0. The minimum Gasteiger partial charge on any atom is -0.354 e. The van der Waals surface area contributed by atoms with E-state index in [1.807, 2.05) is 11.3 Å². The number of nitrogens with one attached hydrogen (secondary N) is 1. The Balaban J connectivity index is 2.06. The lowest BCUT2D eigenvalue weighted by Crippen LogP contribution is -1.76. The topological polar surface area (TPSA) is 15.8 Å². The summed E-state index contributed by atoms with van der Waals surface area (Å²) in [5.74, 6) is 0. The van der Waals surface area contributed by atoms with Gasteiger partial charge in [0.1, 0.15) is 0 Å². The van der Waals surface area contributed by atoms with E-state index in [1.54, 1.807) is 0 Å². The highest BCUT2D eigenvalue weighted by Crippen LogP contribution is 2.43. The van der Waals surface area contributed by atoms with Crippen molar-refractivity contribution in [2.24, 2.45) is 0 Å². The summed E-state index contributed by atoms with van der Waals surface area (Å²) in [6, 6.07) is 22.1. The van der Waals surface area contributed by atoms with Crippen molar-refractivity contribution < 1.29 is 0 Å². The highest BCUT2D eigenvalue weighted by Gasteiger charge is 2.16. The predicted octanol–water partition coefficient (Wildman–Crippen LogP) is 6.28. The quantitative estimate of drug-likeness (QED) is 0.317. The molecule has 0 unspecified atom stereocenters. The minimum atomic E-state index is 1.24. The number of rotatable bonds is 0. The van der Waals surface area contributed by atoms with Crippen LogP contribution in [0.15, 0.2) is 60.7 Å². The Kier molecular flexibility index (Phi) is 1.81. The zero-order valence-electron chi connectivity index (χ0n) is 11.7. The van der Waals surface area contributed by atoms with Crippen molar-refractivity contribution in [1.29, 1.82) is 0 Å². The molecular formula is C20H11NS. The molecule has 0 radical (unpaired) electrons. The minimum absolute atomic E-state index is 1.24. The van der Waals surface area contributed by atoms with Crippen LogP contribution in [0.2, 0.25) is 0 Å². The summed E-state index contributed by atoms with van der Waals surface area (Å²) >= 11 is 1.88. The molecule has 0 aliphatic rings. The van der Waals surface area contributed by atoms with Crippen molar-refractivity contribution in [2.45, 2.75) is 0 Å². The zero-order chi connectivity index (χ0) is 14.3. The summed E-state index contributed by atoms with van der Waals surface area (Å²) in [5, 5.41) is 8.12. The fourth-order valence-electron chi connectivity index (χ4n) is 3.84. The number of aromatic nitrogens is 1. The van der Waals surface area contributed by atoms with E-state index in [0.717, 1.165) is 0 Å². The SMILES string of the molecule is c1cc2ccc3cc4sc5ccccc5c4c4[nH]c(c1)c2c34. The van der Waals surface area contributed by atoms with Crippen LogP contribution in [0, 0.1) is 0 Å². The van der Waals surface area contributed by atoms with E-state index < -0.39 is 0 Å². The van der Waals surface area contributed by atoms with Gasteiger partial charge in [0, 0.05) is 36.5 Å². The average Bonchev–Trinajstić information content (AvgIpc) is 3.11. The van der Waals surface area contributed by atoms with Gasteiger partial charge in [0.15, 0.2) is 0 Å². The second-order valence-corrected chi connectivity index (χ2v) is 7.00. The van der Waals surface area contributed by atoms with E-state index in [2.05, 4.69) is 65.6 Å². The maximum atomic E-state index is 3.69. The van der Waals surface area contributed by atoms with Crippen LogP contribution in [0.25, 0.3) is 52.8 Å². The number of thiophene rings is 1. The van der Waals surface area contributed by atoms with Crippen LogP contribution in [0.5, 0.6) is 0 Å². The summed E-state index contributed by atoms with van der Waals surface area (Å²) < 4.78 is 2.72. The van der Waals surface area contributed by atoms with Gasteiger partial charge in [-0.05, 0) is 29.0 Å². The number of hydrogen-bond donors (Lipinski definition) is 1. The lowest BCUT2D eigenvalue weighted by Gasteiger charge is -2.02. The third kappa shape index (κ3) is 1.17. The molecule has 0 fully saturated rings. The first-order valence-electron chi connectivity index (χ1n) is 7.47. The predicted molar refractivity (Wildman–Crippen MR) is 97.4 cm³/mol. The normalized spacial score (nSPS) is 12.5. The van der Waals surface area contributed by atoms with Crippen LogP contribution in [-0.4, -0.2) is 4.98 Å². The van der Waals surface area contributed by atoms with Crippen molar-refractivity contribution in [3.8, 4) is 0 Å². The number of benzene rings is 4. The Morgan fingerprint density at radius 3 is 2.59 bits per heavy atom. The number of H-pyrrole nitrogens is 1. The molecule has 6 rings (SSSR count). The molecule has 0 bridgehead atoms. The number of fused-ring (bicyclic) bond motifs is 4. The Bertz CT molecular complexity index is 1320. The zero-order valence-corrected chi connectivity index (χ0v) is 12.5. The number of aromatic amines is 1. The van der Waals surface area contributed by atoms with Crippen LogP contribution in [0.3, 0.4) is 0 Å². The Hall–Kier alpha value is -2.58. The molecule has 0 aliphatic heterocycles. The molecule has 6 aromatic rings. The molecule has 0 spiro atoms. The lowest BCUT2D eigenvalue weighted by molar-refractivity contribution is 1.57. The molecule has 0 aliphatic carbocycles. The van der Waals surface area contributed by atoms with Gasteiger partial charge in [-0.25, -0.2) is 0 Å². The third-order valence-corrected chi connectivity index (χ3v) is 5.86. The summed E-state index contributed by atoms with van der Waals surface area (Å²) in [7, 11) is 0. The largest absolute Gasteiger partial charge is 0.354 e. The van der Waals surface area contributed by atoms with Gasteiger partial charge in [-0.3, -0.25) is 0 Å². The van der Waals surface area contributed by atoms with Crippen molar-refractivity contribution in [2.75, 3.05) is 0 Å². The fourth-order valence-corrected chi connectivity index (χ4v) is 5.00. The van der Waals surface area contributed by atoms with E-state index in [4.69, 9.17) is 0 Å². The van der Waals surface area contributed by atoms with Crippen molar-refractivity contribution in [3.63, 3.8) is 0 Å². The van der Waals surface area contributed by atoms with Gasteiger partial charge in [-0.2, -0.15) is 0 Å². The standard InChI is InChI=1S/C20H11NS/c1-2-7-15-13(5-1)19-16(22-15)10-12-9-8-11-4-3-6-14-17(11)18(12)20(19)21-14/h1-10,21H. The van der Waals surface area contributed by atoms with Gasteiger partial charge in [0.25, 0.3) is 0 Å². The van der Waals surface area contributed by atoms with Crippen molar-refractivity contribution in [1.82, 2.24) is 4.98 Å². The molecule has 2 aromatic heterocycles. The third-order valence-electron chi connectivity index (χ3n) is 4.75. The molecule has 0 amide bonds. The maximum absolute atomic E-state index is 3.69. The second kappa shape index (κ2) is 3.60. The highest BCUT2D eigenvalue weighted by molar-refractivity contribution is 7.26. The van der Waals surface area contributed by atoms with Gasteiger partial charge in [-0.15, -0.1) is 11.3 Å². The summed E-state index contributed by atoms with van der Waals surface area (Å²) in [6.45, 7) is 0. The molecule has 2 heteroatoms. The van der Waals surface area contributed by atoms with E-state index in [-0.39, 0.29) is 0 Å². The molecule has 0 atom stereocenters. The first-order chi connectivity index (χ1) is 10.9. The van der Waals surface area contributed by atoms with Crippen molar-refractivity contribution in [3.05, 3.63) is 60.7 Å². The van der Waals surface area contributed by atoms with Crippen LogP contribution in [-0.2, 0) is 0 Å². The van der Waals surface area contributed by atoms with E-state index >= 15 is 0 Å². The lowest BCUT2D eigenvalue weighted by atomic mass is 10.00. The molecule has 4 aromatic carbocycles. The molecule has 1 N–H and O–H groups in total. The Labute approximate surface area is 130 Å². The molecule has 0 saturated heterocycles. The van der Waals surface area contributed by atoms with E-state index in [1.165, 1.54) is 52.8 Å². The summed E-state index contributed by atoms with van der Waals surface area (Å²) in [4.78, 5) is 3.69. The Morgan fingerprint density at radius 2 is 1.59 bits per heavy atom. The van der Waals surface area contributed by atoms with E-state index in [0.29, 0.717) is 0 Å². The fraction of sp³-hybridized carbons (Fsp3) is 0. The first-order valence-corrected chi connectivity index (χ1v) is 8.28. The van der Waals surface area contributed by atoms with Gasteiger partial charge in [0.2, 0.25) is 0 Å². The Morgan fingerprint density at radius 1 is 0.682 bits per heavy atom. The highest BCUT2D eigenvalue weighted by atomic mass is 32.1. The van der Waals surface area contributed by atoms with Gasteiger partial charge >= 0.3 is 0 Å². The monoisotopic (exact) mass is 297 g/mol. The second-order valence-electron chi connectivity index (χ2n) is 5.92. The van der Waals surface area contributed by atoms with Crippen molar-refractivity contribution >= 4 is 64.1 Å². The van der Waals surface area contributed by atoms with Gasteiger partial charge in [-0.1, -0.05) is 42.5 Å².